The van der Waals surface area contributed by atoms with Crippen molar-refractivity contribution >= 4 is 11.6 Å². The molecule has 1 aromatic carbocycles. The van der Waals surface area contributed by atoms with E-state index in [0.717, 1.165) is 17.8 Å². The van der Waals surface area contributed by atoms with Crippen LogP contribution in [0.4, 0.5) is 18.9 Å². The van der Waals surface area contributed by atoms with Crippen LogP contribution in [0.25, 0.3) is 0 Å². The van der Waals surface area contributed by atoms with Crippen molar-refractivity contribution in [3.05, 3.63) is 47.3 Å². The zero-order chi connectivity index (χ0) is 15.6. The van der Waals surface area contributed by atoms with E-state index in [4.69, 9.17) is 0 Å². The molecule has 0 spiro atoms. The number of carbonyl (C=O) groups is 1. The summed E-state index contributed by atoms with van der Waals surface area (Å²) in [7, 11) is 0. The van der Waals surface area contributed by atoms with Crippen LogP contribution in [0.15, 0.2) is 30.3 Å². The molecule has 0 bridgehead atoms. The number of amides is 1. The van der Waals surface area contributed by atoms with Crippen molar-refractivity contribution in [1.29, 1.82) is 0 Å². The second kappa shape index (κ2) is 5.59. The molecule has 0 radical (unpaired) electrons. The second-order valence-corrected chi connectivity index (χ2v) is 4.52. The number of aryl methyl sites for hydroxylation is 2. The lowest BCUT2D eigenvalue weighted by molar-refractivity contribution is -0.137. The van der Waals surface area contributed by atoms with Gasteiger partial charge >= 0.3 is 6.18 Å². The van der Waals surface area contributed by atoms with Crippen LogP contribution in [0.5, 0.6) is 0 Å². The minimum Gasteiger partial charge on any atom is -0.321 e. The van der Waals surface area contributed by atoms with E-state index in [9.17, 15) is 18.0 Å². The standard InChI is InChI=1S/C14H14F3N3O/c1-3-20-9(2)7-12(19-20)13(21)18-11-6-4-5-10(8-11)14(15,16)17/h4-8H,3H2,1-2H3,(H,18,21). The Labute approximate surface area is 119 Å². The highest BCUT2D eigenvalue weighted by Gasteiger charge is 2.30. The van der Waals surface area contributed by atoms with Crippen molar-refractivity contribution in [3.8, 4) is 0 Å². The summed E-state index contributed by atoms with van der Waals surface area (Å²) in [5.41, 5.74) is 0.257. The molecule has 0 fully saturated rings. The number of hydrogen-bond acceptors (Lipinski definition) is 2. The summed E-state index contributed by atoms with van der Waals surface area (Å²) >= 11 is 0. The lowest BCUT2D eigenvalue weighted by atomic mass is 10.2. The number of benzene rings is 1. The number of carbonyl (C=O) groups excluding carboxylic acids is 1. The van der Waals surface area contributed by atoms with Crippen LogP contribution in [0, 0.1) is 6.92 Å². The Morgan fingerprint density at radius 1 is 1.33 bits per heavy atom. The Morgan fingerprint density at radius 2 is 2.05 bits per heavy atom. The topological polar surface area (TPSA) is 46.9 Å². The van der Waals surface area contributed by atoms with Crippen LogP contribution in [0.1, 0.15) is 28.7 Å². The molecule has 1 N–H and O–H groups in total. The average Bonchev–Trinajstić information content (AvgIpc) is 2.79. The van der Waals surface area contributed by atoms with Gasteiger partial charge in [-0.2, -0.15) is 18.3 Å². The van der Waals surface area contributed by atoms with Crippen LogP contribution < -0.4 is 5.32 Å². The number of aromatic nitrogens is 2. The van der Waals surface area contributed by atoms with Crippen molar-refractivity contribution in [3.63, 3.8) is 0 Å². The Kier molecular flexibility index (Phi) is 4.02. The molecule has 0 aliphatic carbocycles. The molecule has 21 heavy (non-hydrogen) atoms. The summed E-state index contributed by atoms with van der Waals surface area (Å²) in [5, 5.41) is 6.50. The van der Waals surface area contributed by atoms with E-state index in [2.05, 4.69) is 10.4 Å². The first-order valence-electron chi connectivity index (χ1n) is 6.34. The van der Waals surface area contributed by atoms with Crippen LogP contribution in [-0.4, -0.2) is 15.7 Å². The SMILES string of the molecule is CCn1nc(C(=O)Nc2cccc(C(F)(F)F)c2)cc1C. The van der Waals surface area contributed by atoms with Crippen molar-refractivity contribution in [2.75, 3.05) is 5.32 Å². The van der Waals surface area contributed by atoms with Gasteiger partial charge in [-0.3, -0.25) is 9.48 Å². The van der Waals surface area contributed by atoms with E-state index in [1.54, 1.807) is 17.7 Å². The van der Waals surface area contributed by atoms with E-state index >= 15 is 0 Å². The fourth-order valence-corrected chi connectivity index (χ4v) is 1.91. The molecule has 1 heterocycles. The Morgan fingerprint density at radius 3 is 2.62 bits per heavy atom. The highest BCUT2D eigenvalue weighted by Crippen LogP contribution is 2.30. The molecule has 0 aliphatic rings. The average molecular weight is 297 g/mol. The summed E-state index contributed by atoms with van der Waals surface area (Å²) in [5.74, 6) is -0.537. The molecular formula is C14H14F3N3O. The van der Waals surface area contributed by atoms with Gasteiger partial charge in [-0.25, -0.2) is 0 Å². The number of alkyl halides is 3. The van der Waals surface area contributed by atoms with Crippen molar-refractivity contribution in [2.24, 2.45) is 0 Å². The molecule has 0 saturated heterocycles. The van der Waals surface area contributed by atoms with Crippen LogP contribution in [-0.2, 0) is 12.7 Å². The second-order valence-electron chi connectivity index (χ2n) is 4.52. The maximum Gasteiger partial charge on any atom is 0.416 e. The summed E-state index contributed by atoms with van der Waals surface area (Å²) in [6.45, 7) is 4.30. The van der Waals surface area contributed by atoms with Gasteiger partial charge in [-0.15, -0.1) is 0 Å². The molecule has 2 aromatic rings. The van der Waals surface area contributed by atoms with Crippen molar-refractivity contribution in [1.82, 2.24) is 9.78 Å². The molecule has 112 valence electrons. The minimum absolute atomic E-state index is 0.0820. The Hall–Kier alpha value is -2.31. The van der Waals surface area contributed by atoms with Crippen LogP contribution in [0.2, 0.25) is 0 Å². The third-order valence-corrected chi connectivity index (χ3v) is 2.96. The van der Waals surface area contributed by atoms with Gasteiger partial charge in [0.1, 0.15) is 0 Å². The summed E-state index contributed by atoms with van der Waals surface area (Å²) < 4.78 is 39.4. The maximum atomic E-state index is 12.6. The Bertz CT molecular complexity index is 662. The monoisotopic (exact) mass is 297 g/mol. The largest absolute Gasteiger partial charge is 0.416 e. The number of nitrogens with one attached hydrogen (secondary N) is 1. The third-order valence-electron chi connectivity index (χ3n) is 2.96. The number of hydrogen-bond donors (Lipinski definition) is 1. The first-order chi connectivity index (χ1) is 9.81. The van der Waals surface area contributed by atoms with E-state index in [1.165, 1.54) is 12.1 Å². The molecule has 7 heteroatoms. The van der Waals surface area contributed by atoms with E-state index in [0.29, 0.717) is 6.54 Å². The molecular weight excluding hydrogens is 283 g/mol. The van der Waals surface area contributed by atoms with Gasteiger partial charge in [-0.1, -0.05) is 6.07 Å². The predicted molar refractivity (Wildman–Crippen MR) is 72.0 cm³/mol. The molecule has 4 nitrogen and oxygen atoms in total. The first-order valence-corrected chi connectivity index (χ1v) is 6.34. The summed E-state index contributed by atoms with van der Waals surface area (Å²) in [6, 6.07) is 6.07. The summed E-state index contributed by atoms with van der Waals surface area (Å²) in [4.78, 5) is 12.0. The number of anilines is 1. The van der Waals surface area contributed by atoms with Crippen molar-refractivity contribution < 1.29 is 18.0 Å². The highest BCUT2D eigenvalue weighted by atomic mass is 19.4. The van der Waals surface area contributed by atoms with Gasteiger partial charge < -0.3 is 5.32 Å². The number of nitrogens with zero attached hydrogens (tertiary/aromatic N) is 2. The fraction of sp³-hybridized carbons (Fsp3) is 0.286. The highest BCUT2D eigenvalue weighted by molar-refractivity contribution is 6.02. The summed E-state index contributed by atoms with van der Waals surface area (Å²) in [6.07, 6.45) is -4.44. The van der Waals surface area contributed by atoms with Crippen molar-refractivity contribution in [2.45, 2.75) is 26.6 Å². The predicted octanol–water partition coefficient (Wildman–Crippen LogP) is 3.48. The number of halogens is 3. The minimum atomic E-state index is -4.44. The van der Waals surface area contributed by atoms with Gasteiger partial charge in [0.05, 0.1) is 5.56 Å². The molecule has 1 amide bonds. The van der Waals surface area contributed by atoms with E-state index in [1.807, 2.05) is 6.92 Å². The molecule has 2 rings (SSSR count). The molecule has 0 unspecified atom stereocenters. The van der Waals surface area contributed by atoms with E-state index < -0.39 is 17.6 Å². The smallest absolute Gasteiger partial charge is 0.321 e. The van der Waals surface area contributed by atoms with Crippen LogP contribution in [0.3, 0.4) is 0 Å². The normalized spacial score (nSPS) is 11.5. The fourth-order valence-electron chi connectivity index (χ4n) is 1.91. The molecule has 0 aliphatic heterocycles. The maximum absolute atomic E-state index is 12.6. The third kappa shape index (κ3) is 3.42. The van der Waals surface area contributed by atoms with Gasteiger partial charge in [-0.05, 0) is 38.1 Å². The van der Waals surface area contributed by atoms with E-state index in [-0.39, 0.29) is 11.4 Å². The zero-order valence-corrected chi connectivity index (χ0v) is 11.5. The molecule has 1 aromatic heterocycles. The lowest BCUT2D eigenvalue weighted by Gasteiger charge is -2.09. The van der Waals surface area contributed by atoms with Crippen LogP contribution >= 0.6 is 0 Å². The quantitative estimate of drug-likeness (QED) is 0.942. The van der Waals surface area contributed by atoms with Gasteiger partial charge in [0, 0.05) is 17.9 Å². The Balaban J connectivity index is 2.19. The molecule has 0 atom stereocenters. The van der Waals surface area contributed by atoms with Gasteiger partial charge in [0.25, 0.3) is 5.91 Å². The van der Waals surface area contributed by atoms with Gasteiger partial charge in [0.2, 0.25) is 0 Å². The number of rotatable bonds is 3. The zero-order valence-electron chi connectivity index (χ0n) is 11.5. The first kappa shape index (κ1) is 15.1. The molecule has 0 saturated carbocycles. The lowest BCUT2D eigenvalue weighted by Crippen LogP contribution is -2.14. The van der Waals surface area contributed by atoms with Gasteiger partial charge in [0.15, 0.2) is 5.69 Å².